The number of carbonyl (C=O) groups excluding carboxylic acids is 2. The van der Waals surface area contributed by atoms with Crippen molar-refractivity contribution in [3.8, 4) is 0 Å². The monoisotopic (exact) mass is 269 g/mol. The van der Waals surface area contributed by atoms with Crippen LogP contribution in [0.2, 0.25) is 5.02 Å². The van der Waals surface area contributed by atoms with Gasteiger partial charge in [-0.2, -0.15) is 0 Å². The number of aromatic nitrogens is 1. The van der Waals surface area contributed by atoms with Gasteiger partial charge in [0, 0.05) is 12.4 Å². The molecular weight excluding hydrogens is 261 g/mol. The zero-order chi connectivity index (χ0) is 13.4. The number of benzene rings is 1. The second-order valence-corrected chi connectivity index (χ2v) is 4.06. The third-order valence-corrected chi connectivity index (χ3v) is 3.16. The van der Waals surface area contributed by atoms with Crippen LogP contribution in [0.25, 0.3) is 10.9 Å². The molecule has 0 spiro atoms. The summed E-state index contributed by atoms with van der Waals surface area (Å²) in [6.45, 7) is 0. The normalized spacial score (nSPS) is 10.7. The number of esters is 1. The fraction of sp³-hybridized carbons (Fsp3) is 0.167. The van der Waals surface area contributed by atoms with Crippen LogP contribution in [0.4, 0.5) is 4.39 Å². The van der Waals surface area contributed by atoms with E-state index in [1.807, 2.05) is 0 Å². The number of rotatable bonds is 2. The highest BCUT2D eigenvalue weighted by atomic mass is 35.5. The molecule has 0 amide bonds. The Labute approximate surface area is 107 Å². The number of fused-ring (bicyclic) bond motifs is 1. The Balaban J connectivity index is 2.97. The summed E-state index contributed by atoms with van der Waals surface area (Å²) in [7, 11) is 2.78. The highest BCUT2D eigenvalue weighted by molar-refractivity contribution is 6.37. The first kappa shape index (κ1) is 12.6. The van der Waals surface area contributed by atoms with E-state index in [-0.39, 0.29) is 21.7 Å². The van der Waals surface area contributed by atoms with Crippen molar-refractivity contribution in [2.45, 2.75) is 0 Å². The van der Waals surface area contributed by atoms with E-state index >= 15 is 0 Å². The van der Waals surface area contributed by atoms with Crippen LogP contribution in [0.5, 0.6) is 0 Å². The van der Waals surface area contributed by atoms with Crippen molar-refractivity contribution in [3.05, 3.63) is 34.2 Å². The van der Waals surface area contributed by atoms with Gasteiger partial charge in [-0.3, -0.25) is 4.79 Å². The smallest absolute Gasteiger partial charge is 0.355 e. The number of hydrogen-bond donors (Lipinski definition) is 0. The van der Waals surface area contributed by atoms with E-state index in [1.165, 1.54) is 23.8 Å². The van der Waals surface area contributed by atoms with Crippen molar-refractivity contribution in [2.24, 2.45) is 7.05 Å². The molecule has 18 heavy (non-hydrogen) atoms. The minimum atomic E-state index is -0.674. The van der Waals surface area contributed by atoms with E-state index in [9.17, 15) is 14.0 Å². The number of halogens is 2. The van der Waals surface area contributed by atoms with Gasteiger partial charge in [0.1, 0.15) is 11.5 Å². The zero-order valence-electron chi connectivity index (χ0n) is 9.66. The Morgan fingerprint density at radius 1 is 1.50 bits per heavy atom. The van der Waals surface area contributed by atoms with Crippen LogP contribution >= 0.6 is 11.6 Å². The first-order valence-electron chi connectivity index (χ1n) is 5.02. The summed E-state index contributed by atoms with van der Waals surface area (Å²) >= 11 is 5.84. The van der Waals surface area contributed by atoms with Crippen LogP contribution in [-0.2, 0) is 11.8 Å². The van der Waals surface area contributed by atoms with Crippen molar-refractivity contribution in [3.63, 3.8) is 0 Å². The third-order valence-electron chi connectivity index (χ3n) is 2.79. The molecule has 0 unspecified atom stereocenters. The molecule has 0 saturated heterocycles. The van der Waals surface area contributed by atoms with Gasteiger partial charge in [-0.05, 0) is 12.1 Å². The number of methoxy groups -OCH3 is 1. The van der Waals surface area contributed by atoms with Crippen LogP contribution in [-0.4, -0.2) is 23.9 Å². The topological polar surface area (TPSA) is 48.3 Å². The largest absolute Gasteiger partial charge is 0.464 e. The molecule has 94 valence electrons. The third kappa shape index (κ3) is 1.59. The van der Waals surface area contributed by atoms with Gasteiger partial charge in [-0.25, -0.2) is 9.18 Å². The number of aldehydes is 1. The van der Waals surface area contributed by atoms with E-state index < -0.39 is 11.8 Å². The van der Waals surface area contributed by atoms with Crippen molar-refractivity contribution in [1.29, 1.82) is 0 Å². The molecular formula is C12H9ClFNO3. The quantitative estimate of drug-likeness (QED) is 0.622. The van der Waals surface area contributed by atoms with Crippen molar-refractivity contribution >= 4 is 34.8 Å². The molecule has 4 nitrogen and oxygen atoms in total. The van der Waals surface area contributed by atoms with Gasteiger partial charge in [0.05, 0.1) is 23.2 Å². The van der Waals surface area contributed by atoms with Crippen LogP contribution in [0.3, 0.4) is 0 Å². The maximum Gasteiger partial charge on any atom is 0.355 e. The molecule has 2 aromatic rings. The standard InChI is InChI=1S/C12H9ClFNO3/c1-15-8-4-3-7(14)10(13)9(8)6(5-16)11(15)12(17)18-2/h3-5H,1-2H3. The van der Waals surface area contributed by atoms with Crippen molar-refractivity contribution < 1.29 is 18.7 Å². The fourth-order valence-electron chi connectivity index (χ4n) is 1.95. The molecule has 1 aromatic heterocycles. The average Bonchev–Trinajstić information content (AvgIpc) is 2.66. The molecule has 0 aliphatic rings. The summed E-state index contributed by atoms with van der Waals surface area (Å²) in [6, 6.07) is 2.64. The van der Waals surface area contributed by atoms with Crippen molar-refractivity contribution in [1.82, 2.24) is 4.57 Å². The summed E-state index contributed by atoms with van der Waals surface area (Å²) in [5.74, 6) is -1.32. The molecule has 0 N–H and O–H groups in total. The second-order valence-electron chi connectivity index (χ2n) is 3.69. The molecule has 0 fully saturated rings. The molecule has 2 rings (SSSR count). The van der Waals surface area contributed by atoms with Gasteiger partial charge in [-0.1, -0.05) is 11.6 Å². The molecule has 0 saturated carbocycles. The minimum Gasteiger partial charge on any atom is -0.464 e. The van der Waals surface area contributed by atoms with Crippen LogP contribution in [0.1, 0.15) is 20.8 Å². The molecule has 6 heteroatoms. The van der Waals surface area contributed by atoms with Gasteiger partial charge in [-0.15, -0.1) is 0 Å². The van der Waals surface area contributed by atoms with Gasteiger partial charge < -0.3 is 9.30 Å². The van der Waals surface area contributed by atoms with Gasteiger partial charge in [0.2, 0.25) is 0 Å². The number of aryl methyl sites for hydroxylation is 1. The molecule has 1 heterocycles. The summed E-state index contributed by atoms with van der Waals surface area (Å²) in [6.07, 6.45) is 0.472. The fourth-order valence-corrected chi connectivity index (χ4v) is 2.22. The van der Waals surface area contributed by atoms with Gasteiger partial charge in [0.15, 0.2) is 6.29 Å². The Morgan fingerprint density at radius 3 is 2.72 bits per heavy atom. The van der Waals surface area contributed by atoms with E-state index in [0.29, 0.717) is 11.8 Å². The van der Waals surface area contributed by atoms with E-state index in [2.05, 4.69) is 4.74 Å². The molecule has 0 atom stereocenters. The first-order chi connectivity index (χ1) is 8.52. The lowest BCUT2D eigenvalue weighted by molar-refractivity contribution is 0.0588. The predicted molar refractivity (Wildman–Crippen MR) is 64.6 cm³/mol. The lowest BCUT2D eigenvalue weighted by Crippen LogP contribution is -2.09. The van der Waals surface area contributed by atoms with Gasteiger partial charge >= 0.3 is 5.97 Å². The number of ether oxygens (including phenoxy) is 1. The van der Waals surface area contributed by atoms with E-state index in [1.54, 1.807) is 7.05 Å². The highest BCUT2D eigenvalue weighted by Gasteiger charge is 2.24. The van der Waals surface area contributed by atoms with Crippen LogP contribution in [0.15, 0.2) is 12.1 Å². The second kappa shape index (κ2) is 4.42. The molecule has 0 bridgehead atoms. The predicted octanol–water partition coefficient (Wildman–Crippen LogP) is 2.57. The van der Waals surface area contributed by atoms with Crippen LogP contribution < -0.4 is 0 Å². The zero-order valence-corrected chi connectivity index (χ0v) is 10.4. The number of hydrogen-bond acceptors (Lipinski definition) is 3. The Bertz CT molecular complexity index is 663. The summed E-state index contributed by atoms with van der Waals surface area (Å²) in [5.41, 5.74) is 0.572. The summed E-state index contributed by atoms with van der Waals surface area (Å²) < 4.78 is 19.5. The Hall–Kier alpha value is -1.88. The van der Waals surface area contributed by atoms with E-state index in [0.717, 1.165) is 0 Å². The Kier molecular flexibility index (Phi) is 3.09. The average molecular weight is 270 g/mol. The lowest BCUT2D eigenvalue weighted by Gasteiger charge is -2.02. The summed E-state index contributed by atoms with van der Waals surface area (Å²) in [4.78, 5) is 22.8. The van der Waals surface area contributed by atoms with Crippen LogP contribution in [0, 0.1) is 5.82 Å². The molecule has 0 aliphatic heterocycles. The highest BCUT2D eigenvalue weighted by Crippen LogP contribution is 2.32. The minimum absolute atomic E-state index is 0.0313. The molecule has 0 aliphatic carbocycles. The maximum absolute atomic E-state index is 13.4. The number of carbonyl (C=O) groups is 2. The molecule has 0 radical (unpaired) electrons. The Morgan fingerprint density at radius 2 is 2.17 bits per heavy atom. The van der Waals surface area contributed by atoms with Crippen molar-refractivity contribution in [2.75, 3.05) is 7.11 Å². The van der Waals surface area contributed by atoms with E-state index in [4.69, 9.17) is 11.6 Å². The molecule has 1 aromatic carbocycles. The maximum atomic E-state index is 13.4. The van der Waals surface area contributed by atoms with Gasteiger partial charge in [0.25, 0.3) is 0 Å². The SMILES string of the molecule is COC(=O)c1c(C=O)c2c(Cl)c(F)ccc2n1C. The summed E-state index contributed by atoms with van der Waals surface area (Å²) in [5, 5.41) is 0.0370. The first-order valence-corrected chi connectivity index (χ1v) is 5.40. The number of nitrogens with zero attached hydrogens (tertiary/aromatic N) is 1. The lowest BCUT2D eigenvalue weighted by atomic mass is 10.1.